The third-order valence-corrected chi connectivity index (χ3v) is 2.42. The fourth-order valence-electron chi connectivity index (χ4n) is 1.07. The zero-order chi connectivity index (χ0) is 12.3. The van der Waals surface area contributed by atoms with Crippen LogP contribution in [0.3, 0.4) is 0 Å². The summed E-state index contributed by atoms with van der Waals surface area (Å²) in [4.78, 5) is 15.7. The number of aromatic nitrogens is 1. The maximum Gasteiger partial charge on any atom is 0.242 e. The first-order valence-corrected chi connectivity index (χ1v) is 5.36. The van der Waals surface area contributed by atoms with E-state index in [-0.39, 0.29) is 11.3 Å². The van der Waals surface area contributed by atoms with E-state index in [1.54, 1.807) is 12.1 Å². The number of amides is 1. The first kappa shape index (κ1) is 12.9. The molecule has 1 atom stereocenters. The van der Waals surface area contributed by atoms with Gasteiger partial charge in [0.05, 0.1) is 6.04 Å². The van der Waals surface area contributed by atoms with Crippen molar-refractivity contribution in [1.82, 2.24) is 4.98 Å². The number of nitrogens with one attached hydrogen (secondary N) is 1. The molecule has 0 aliphatic carbocycles. The highest BCUT2D eigenvalue weighted by Crippen LogP contribution is 2.19. The molecule has 1 aromatic heterocycles. The van der Waals surface area contributed by atoms with Gasteiger partial charge < -0.3 is 11.1 Å². The summed E-state index contributed by atoms with van der Waals surface area (Å²) in [6, 6.07) is 2.63. The van der Waals surface area contributed by atoms with E-state index in [2.05, 4.69) is 10.3 Å². The number of nitrogens with zero attached hydrogens (tertiary/aromatic N) is 1. The Bertz CT molecular complexity index is 387. The molecule has 1 amide bonds. The number of carbonyl (C=O) groups is 1. The number of anilines is 1. The van der Waals surface area contributed by atoms with Crippen molar-refractivity contribution in [3.8, 4) is 0 Å². The van der Waals surface area contributed by atoms with Crippen molar-refractivity contribution in [3.63, 3.8) is 0 Å². The predicted molar refractivity (Wildman–Crippen MR) is 65.3 cm³/mol. The molecule has 0 fully saturated rings. The molecule has 0 unspecified atom stereocenters. The Morgan fingerprint density at radius 2 is 2.19 bits per heavy atom. The lowest BCUT2D eigenvalue weighted by Gasteiger charge is -2.25. The molecule has 0 bridgehead atoms. The van der Waals surface area contributed by atoms with Gasteiger partial charge in [0.25, 0.3) is 0 Å². The van der Waals surface area contributed by atoms with E-state index >= 15 is 0 Å². The summed E-state index contributed by atoms with van der Waals surface area (Å²) in [6.45, 7) is 5.72. The third-order valence-electron chi connectivity index (χ3n) is 2.19. The van der Waals surface area contributed by atoms with Crippen LogP contribution in [0.1, 0.15) is 20.8 Å². The first-order valence-electron chi connectivity index (χ1n) is 4.98. The van der Waals surface area contributed by atoms with Crippen LogP contribution in [-0.2, 0) is 4.79 Å². The van der Waals surface area contributed by atoms with Gasteiger partial charge in [-0.05, 0) is 17.5 Å². The molecule has 0 saturated carbocycles. The van der Waals surface area contributed by atoms with Gasteiger partial charge in [-0.2, -0.15) is 0 Å². The quantitative estimate of drug-likeness (QED) is 0.833. The van der Waals surface area contributed by atoms with E-state index in [9.17, 15) is 4.79 Å². The Morgan fingerprint density at radius 1 is 1.56 bits per heavy atom. The Labute approximate surface area is 100 Å². The van der Waals surface area contributed by atoms with Crippen molar-refractivity contribution in [1.29, 1.82) is 0 Å². The smallest absolute Gasteiger partial charge is 0.242 e. The third kappa shape index (κ3) is 3.47. The lowest BCUT2D eigenvalue weighted by Crippen LogP contribution is -2.45. The van der Waals surface area contributed by atoms with Crippen LogP contribution in [0.25, 0.3) is 0 Å². The van der Waals surface area contributed by atoms with Gasteiger partial charge in [0, 0.05) is 11.2 Å². The van der Waals surface area contributed by atoms with E-state index < -0.39 is 6.04 Å². The molecule has 0 aromatic carbocycles. The average Bonchev–Trinajstić information content (AvgIpc) is 2.15. The largest absolute Gasteiger partial charge is 0.319 e. The molecule has 1 heterocycles. The van der Waals surface area contributed by atoms with Crippen molar-refractivity contribution in [3.05, 3.63) is 23.4 Å². The van der Waals surface area contributed by atoms with Crippen LogP contribution in [0.15, 0.2) is 18.3 Å². The van der Waals surface area contributed by atoms with Gasteiger partial charge in [-0.3, -0.25) is 4.79 Å². The number of pyridine rings is 1. The molecule has 3 N–H and O–H groups in total. The van der Waals surface area contributed by atoms with Crippen molar-refractivity contribution in [2.75, 3.05) is 5.32 Å². The molecule has 16 heavy (non-hydrogen) atoms. The predicted octanol–water partition coefficient (Wildman–Crippen LogP) is 2.05. The van der Waals surface area contributed by atoms with Crippen LogP contribution in [0.2, 0.25) is 5.02 Å². The monoisotopic (exact) mass is 241 g/mol. The van der Waals surface area contributed by atoms with E-state index in [1.165, 1.54) is 6.20 Å². The molecule has 88 valence electrons. The molecule has 4 nitrogen and oxygen atoms in total. The van der Waals surface area contributed by atoms with Gasteiger partial charge in [-0.15, -0.1) is 0 Å². The summed E-state index contributed by atoms with van der Waals surface area (Å²) < 4.78 is 0. The minimum atomic E-state index is -0.590. The van der Waals surface area contributed by atoms with Gasteiger partial charge in [0.2, 0.25) is 5.91 Å². The normalized spacial score (nSPS) is 13.3. The zero-order valence-corrected chi connectivity index (χ0v) is 10.4. The second-order valence-corrected chi connectivity index (χ2v) is 5.13. The molecular formula is C11H16ClN3O. The van der Waals surface area contributed by atoms with Crippen LogP contribution in [0.4, 0.5) is 5.82 Å². The maximum absolute atomic E-state index is 11.8. The van der Waals surface area contributed by atoms with Crippen LogP contribution in [-0.4, -0.2) is 16.9 Å². The fraction of sp³-hybridized carbons (Fsp3) is 0.455. The molecule has 5 heteroatoms. The van der Waals surface area contributed by atoms with Crippen LogP contribution in [0, 0.1) is 5.41 Å². The molecule has 0 spiro atoms. The fourth-order valence-corrected chi connectivity index (χ4v) is 1.23. The summed E-state index contributed by atoms with van der Waals surface area (Å²) in [5.74, 6) is 0.152. The Balaban J connectivity index is 2.72. The summed E-state index contributed by atoms with van der Waals surface area (Å²) >= 11 is 5.78. The van der Waals surface area contributed by atoms with Crippen molar-refractivity contribution >= 4 is 23.3 Å². The van der Waals surface area contributed by atoms with Crippen molar-refractivity contribution < 1.29 is 4.79 Å². The number of carbonyl (C=O) groups excluding carboxylic acids is 1. The lowest BCUT2D eigenvalue weighted by atomic mass is 9.87. The van der Waals surface area contributed by atoms with Gasteiger partial charge in [0.1, 0.15) is 5.82 Å². The first-order chi connectivity index (χ1) is 7.30. The molecule has 0 saturated heterocycles. The number of halogens is 1. The van der Waals surface area contributed by atoms with Crippen molar-refractivity contribution in [2.45, 2.75) is 26.8 Å². The van der Waals surface area contributed by atoms with Crippen LogP contribution >= 0.6 is 11.6 Å². The molecular weight excluding hydrogens is 226 g/mol. The second kappa shape index (κ2) is 4.80. The van der Waals surface area contributed by atoms with E-state index in [1.807, 2.05) is 20.8 Å². The summed E-state index contributed by atoms with van der Waals surface area (Å²) in [7, 11) is 0. The number of hydrogen-bond donors (Lipinski definition) is 2. The van der Waals surface area contributed by atoms with E-state index in [4.69, 9.17) is 17.3 Å². The zero-order valence-electron chi connectivity index (χ0n) is 9.62. The average molecular weight is 242 g/mol. The number of nitrogens with two attached hydrogens (primary N) is 1. The highest BCUT2D eigenvalue weighted by molar-refractivity contribution is 6.30. The minimum Gasteiger partial charge on any atom is -0.319 e. The Morgan fingerprint density at radius 3 is 2.69 bits per heavy atom. The molecule has 0 aliphatic heterocycles. The Hall–Kier alpha value is -1.13. The highest BCUT2D eigenvalue weighted by atomic mass is 35.5. The summed E-state index contributed by atoms with van der Waals surface area (Å²) in [5.41, 5.74) is 5.52. The SMILES string of the molecule is CC(C)(C)[C@H](N)C(=O)Nc1cc(Cl)ccn1. The van der Waals surface area contributed by atoms with Gasteiger partial charge in [-0.25, -0.2) is 4.98 Å². The van der Waals surface area contributed by atoms with Crippen molar-refractivity contribution in [2.24, 2.45) is 11.1 Å². The molecule has 1 rings (SSSR count). The van der Waals surface area contributed by atoms with Gasteiger partial charge in [0.15, 0.2) is 0 Å². The summed E-state index contributed by atoms with van der Waals surface area (Å²) in [5, 5.41) is 3.15. The van der Waals surface area contributed by atoms with Gasteiger partial charge >= 0.3 is 0 Å². The van der Waals surface area contributed by atoms with E-state index in [0.717, 1.165) is 0 Å². The lowest BCUT2D eigenvalue weighted by molar-refractivity contribution is -0.119. The van der Waals surface area contributed by atoms with Crippen LogP contribution in [0.5, 0.6) is 0 Å². The second-order valence-electron chi connectivity index (χ2n) is 4.69. The molecule has 0 aliphatic rings. The standard InChI is InChI=1S/C11H16ClN3O/c1-11(2,3)9(13)10(16)15-8-6-7(12)4-5-14-8/h4-6,9H,13H2,1-3H3,(H,14,15,16)/t9-/m1/s1. The number of hydrogen-bond acceptors (Lipinski definition) is 3. The summed E-state index contributed by atoms with van der Waals surface area (Å²) in [6.07, 6.45) is 1.53. The molecule has 1 aromatic rings. The molecule has 0 radical (unpaired) electrons. The topological polar surface area (TPSA) is 68.0 Å². The maximum atomic E-state index is 11.8. The minimum absolute atomic E-state index is 0.262. The van der Waals surface area contributed by atoms with Crippen LogP contribution < -0.4 is 11.1 Å². The highest BCUT2D eigenvalue weighted by Gasteiger charge is 2.27. The number of rotatable bonds is 2. The van der Waals surface area contributed by atoms with Gasteiger partial charge in [-0.1, -0.05) is 32.4 Å². The Kier molecular flexibility index (Phi) is 3.88. The van der Waals surface area contributed by atoms with E-state index in [0.29, 0.717) is 10.8 Å².